The lowest BCUT2D eigenvalue weighted by Crippen LogP contribution is -2.50. The van der Waals surface area contributed by atoms with E-state index in [0.29, 0.717) is 40.5 Å². The molecular weight excluding hydrogens is 681 g/mol. The maximum atomic E-state index is 15.4. The molecule has 4 heterocycles. The number of nitrogens with zero attached hydrogens (tertiary/aromatic N) is 4. The predicted molar refractivity (Wildman–Crippen MR) is 185 cm³/mol. The number of benzene rings is 3. The van der Waals surface area contributed by atoms with Gasteiger partial charge in [-0.25, -0.2) is 13.4 Å². The molecule has 0 spiro atoms. The summed E-state index contributed by atoms with van der Waals surface area (Å²) >= 11 is 0. The molecule has 3 aromatic carbocycles. The molecule has 1 saturated carbocycles. The maximum absolute atomic E-state index is 15.4. The van der Waals surface area contributed by atoms with Gasteiger partial charge in [0, 0.05) is 41.9 Å². The van der Waals surface area contributed by atoms with Crippen molar-refractivity contribution in [2.24, 2.45) is 13.0 Å². The maximum Gasteiger partial charge on any atom is 0.326 e. The molecule has 16 heteroatoms. The predicted octanol–water partition coefficient (Wildman–Crippen LogP) is 2.87. The third-order valence-corrected chi connectivity index (χ3v) is 12.2. The number of aryl methyl sites for hydroxylation is 1. The van der Waals surface area contributed by atoms with Gasteiger partial charge in [-0.1, -0.05) is 12.1 Å². The third-order valence-electron chi connectivity index (χ3n) is 10.8. The van der Waals surface area contributed by atoms with E-state index in [2.05, 4.69) is 32.8 Å². The molecule has 266 valence electrons. The first-order valence-corrected chi connectivity index (χ1v) is 18.4. The van der Waals surface area contributed by atoms with Crippen LogP contribution < -0.4 is 19.7 Å². The number of phenols is 1. The van der Waals surface area contributed by atoms with Crippen LogP contribution in [0.15, 0.2) is 42.5 Å². The number of amides is 4. The Morgan fingerprint density at radius 3 is 2.45 bits per heavy atom. The van der Waals surface area contributed by atoms with Gasteiger partial charge in [-0.3, -0.25) is 29.2 Å². The molecule has 4 aromatic rings. The summed E-state index contributed by atoms with van der Waals surface area (Å²) in [6, 6.07) is 12.3. The van der Waals surface area contributed by atoms with Crippen molar-refractivity contribution in [2.45, 2.75) is 56.4 Å². The van der Waals surface area contributed by atoms with Crippen LogP contribution in [-0.2, 0) is 36.4 Å². The normalized spacial score (nSPS) is 24.1. The number of rotatable bonds is 6. The largest absolute Gasteiger partial charge is 0.506 e. The first-order chi connectivity index (χ1) is 24.4. The van der Waals surface area contributed by atoms with Crippen molar-refractivity contribution in [1.29, 1.82) is 0 Å². The van der Waals surface area contributed by atoms with Gasteiger partial charge in [-0.05, 0) is 92.4 Å². The first kappa shape index (κ1) is 33.1. The summed E-state index contributed by atoms with van der Waals surface area (Å²) in [5.74, 6) is -3.39. The van der Waals surface area contributed by atoms with Gasteiger partial charge in [-0.2, -0.15) is 13.5 Å². The molecule has 3 aliphatic heterocycles. The molecule has 3 saturated heterocycles. The van der Waals surface area contributed by atoms with E-state index in [-0.39, 0.29) is 34.4 Å². The molecule has 8 rings (SSSR count). The smallest absolute Gasteiger partial charge is 0.326 e. The summed E-state index contributed by atoms with van der Waals surface area (Å²) in [4.78, 5) is 51.4. The summed E-state index contributed by atoms with van der Waals surface area (Å²) < 4.78 is 44.0. The van der Waals surface area contributed by atoms with Crippen molar-refractivity contribution in [1.82, 2.24) is 24.7 Å². The summed E-state index contributed by atoms with van der Waals surface area (Å²) in [7, 11) is -2.45. The van der Waals surface area contributed by atoms with Crippen LogP contribution in [0.1, 0.15) is 61.6 Å². The van der Waals surface area contributed by atoms with E-state index in [9.17, 15) is 32.7 Å². The average molecular weight is 718 g/mol. The number of carbonyl (C=O) groups is 4. The fourth-order valence-electron chi connectivity index (χ4n) is 8.01. The number of halogens is 1. The number of hydrogen-bond acceptors (Lipinski definition) is 9. The Morgan fingerprint density at radius 1 is 1.00 bits per heavy atom. The molecule has 4 amide bonds. The monoisotopic (exact) mass is 717 g/mol. The van der Waals surface area contributed by atoms with E-state index in [1.54, 1.807) is 4.72 Å². The molecule has 1 unspecified atom stereocenters. The number of imide groups is 1. The molecule has 1 atom stereocenters. The van der Waals surface area contributed by atoms with E-state index in [1.165, 1.54) is 29.8 Å². The van der Waals surface area contributed by atoms with Crippen LogP contribution in [0.3, 0.4) is 0 Å². The highest BCUT2D eigenvalue weighted by Crippen LogP contribution is 2.41. The van der Waals surface area contributed by atoms with Gasteiger partial charge < -0.3 is 15.3 Å². The van der Waals surface area contributed by atoms with E-state index in [4.69, 9.17) is 0 Å². The first-order valence-electron chi connectivity index (χ1n) is 17.0. The second-order valence-corrected chi connectivity index (χ2v) is 15.5. The molecule has 1 aromatic heterocycles. The van der Waals surface area contributed by atoms with Gasteiger partial charge in [0.25, 0.3) is 5.91 Å². The summed E-state index contributed by atoms with van der Waals surface area (Å²) in [6.07, 6.45) is 4.18. The lowest BCUT2D eigenvalue weighted by Gasteiger charge is -2.45. The van der Waals surface area contributed by atoms with Crippen molar-refractivity contribution < 1.29 is 37.1 Å². The lowest BCUT2D eigenvalue weighted by molar-refractivity contribution is -0.134. The third kappa shape index (κ3) is 5.85. The number of piperidine rings is 2. The molecule has 4 N–H and O–H groups in total. The van der Waals surface area contributed by atoms with Crippen LogP contribution >= 0.6 is 0 Å². The molecule has 14 nitrogen and oxygen atoms in total. The van der Waals surface area contributed by atoms with Gasteiger partial charge >= 0.3 is 10.2 Å². The second kappa shape index (κ2) is 12.3. The van der Waals surface area contributed by atoms with E-state index < -0.39 is 45.8 Å². The van der Waals surface area contributed by atoms with Crippen molar-refractivity contribution in [3.05, 3.63) is 59.5 Å². The molecule has 0 radical (unpaired) electrons. The van der Waals surface area contributed by atoms with E-state index in [0.717, 1.165) is 49.7 Å². The number of likely N-dealkylation sites (tertiary alicyclic amines) is 1. The quantitative estimate of drug-likeness (QED) is 0.218. The molecule has 4 fully saturated rings. The van der Waals surface area contributed by atoms with Gasteiger partial charge in [0.2, 0.25) is 17.7 Å². The number of hydrogen-bond donors (Lipinski definition) is 4. The molecule has 4 aliphatic rings. The molecule has 0 bridgehead atoms. The Kier molecular flexibility index (Phi) is 7.98. The van der Waals surface area contributed by atoms with E-state index >= 15 is 4.39 Å². The highest BCUT2D eigenvalue weighted by Gasteiger charge is 2.40. The SMILES string of the molecule is Cn1nc(C2CCC(=O)NC2=O)c2ccc(C3CCN(C4CC(C(=O)Nc5ccc6c(F)c(N7CC(=O)NS7(=O)=O)c(O)cc6c5)C4)CC3)cc21. The molecular formula is C35H36FN7O7S. The van der Waals surface area contributed by atoms with Crippen molar-refractivity contribution in [3.8, 4) is 5.75 Å². The van der Waals surface area contributed by atoms with Gasteiger partial charge in [0.15, 0.2) is 5.82 Å². The Morgan fingerprint density at radius 2 is 1.75 bits per heavy atom. The Hall–Kier alpha value is -5.09. The number of aromatic nitrogens is 2. The Balaban J connectivity index is 0.865. The minimum absolute atomic E-state index is 0.0275. The van der Waals surface area contributed by atoms with Gasteiger partial charge in [0.05, 0.1) is 17.1 Å². The number of phenolic OH excluding ortho intramolecular Hbond substituents is 1. The number of carbonyl (C=O) groups excluding carboxylic acids is 4. The van der Waals surface area contributed by atoms with Crippen LogP contribution in [-0.4, -0.2) is 77.5 Å². The zero-order valence-corrected chi connectivity index (χ0v) is 28.5. The number of anilines is 2. The highest BCUT2D eigenvalue weighted by molar-refractivity contribution is 7.92. The van der Waals surface area contributed by atoms with Crippen LogP contribution in [0.2, 0.25) is 0 Å². The second-order valence-electron chi connectivity index (χ2n) is 13.9. The van der Waals surface area contributed by atoms with Crippen molar-refractivity contribution in [3.63, 3.8) is 0 Å². The topological polar surface area (TPSA) is 183 Å². The molecule has 51 heavy (non-hydrogen) atoms. The van der Waals surface area contributed by atoms with Crippen LogP contribution in [0.5, 0.6) is 5.75 Å². The summed E-state index contributed by atoms with van der Waals surface area (Å²) in [6.45, 7) is 1.18. The lowest BCUT2D eigenvalue weighted by atomic mass is 9.77. The number of aromatic hydroxyl groups is 1. The van der Waals surface area contributed by atoms with Gasteiger partial charge in [-0.15, -0.1) is 0 Å². The fourth-order valence-corrected chi connectivity index (χ4v) is 9.17. The number of fused-ring (bicyclic) bond motifs is 2. The Labute approximate surface area is 292 Å². The summed E-state index contributed by atoms with van der Waals surface area (Å²) in [5, 5.41) is 21.7. The minimum atomic E-state index is -4.32. The fraction of sp³-hybridized carbons (Fsp3) is 0.400. The van der Waals surface area contributed by atoms with Crippen molar-refractivity contribution >= 4 is 66.9 Å². The standard InChI is InChI=1S/C35H36FN7O7S/c1-41-27-15-19(2-4-25(27)32(39-41)26-6-7-29(45)38-35(26)48)18-8-10-42(11-9-18)23-13-21(14-23)34(47)37-22-3-5-24-20(12-22)16-28(44)33(31(24)36)43-17-30(46)40-51(43,49)50/h2-5,12,15-16,18,21,23,26,44H,6-11,13-14,17H2,1H3,(H,37,47)(H,40,46)(H,38,45,48). The van der Waals surface area contributed by atoms with Crippen molar-refractivity contribution in [2.75, 3.05) is 29.3 Å². The minimum Gasteiger partial charge on any atom is -0.506 e. The Bertz CT molecular complexity index is 2260. The molecule has 1 aliphatic carbocycles. The number of nitrogens with one attached hydrogen (secondary N) is 3. The van der Waals surface area contributed by atoms with Crippen LogP contribution in [0.25, 0.3) is 21.7 Å². The summed E-state index contributed by atoms with van der Waals surface area (Å²) in [5.41, 5.74) is 2.72. The van der Waals surface area contributed by atoms with Crippen LogP contribution in [0.4, 0.5) is 15.8 Å². The highest BCUT2D eigenvalue weighted by atomic mass is 32.2. The average Bonchev–Trinajstić information content (AvgIpc) is 3.53. The van der Waals surface area contributed by atoms with Crippen LogP contribution in [0, 0.1) is 11.7 Å². The van der Waals surface area contributed by atoms with E-state index in [1.807, 2.05) is 17.8 Å². The van der Waals surface area contributed by atoms with Gasteiger partial charge in [0.1, 0.15) is 18.0 Å². The zero-order chi connectivity index (χ0) is 35.8. The zero-order valence-electron chi connectivity index (χ0n) is 27.7.